The standard InChI is InChI=1S/C62H98F2N5O42PS2/c1-2-113-19-34-39(81)40(82)51-59(105-34)111-49-31(13-74)103-58(45(87)50(49)107-51)110-48-30(12-73)101-56(43(85)41(48)83)99-26-8-22(75)54(98-25-7-23(76)55(100-27(25)9-70)108-47-29(11-72)102-57(44(86)42(47)84)109-46-28(10-71)93-14-24(77)38(46)80)104-33(26)18-114-17-21(65)53(89)67-5-3-36(78)94-16-37(79)95-20-97-112(91,92)96-15-32-52(88)62(63,64)60(106-32)69-6-4-35(66)68-61(69)90/h4,6,21-34,38-52,54-60,70-77,80-88H,2-3,5,7-20,65H2,1H3,(H,67,89)(H,91,92)(H2,66,68,90)/t21-,22+,23+,24?,25+,26+,27?,28?,29?,30?,31?,32-,33?,34?,38-,39-,40+,41?,42?,43+,44+,45+,46-,47-,48-,49-,50?,51?,52-,54-,55-,56-,57-,58+,59-,60-/m1/s1. The number of aliphatic hydroxyl groups excluding tert-OH is 17. The lowest BCUT2D eigenvalue weighted by atomic mass is 9.93. The monoisotopic (exact) mass is 1720 g/mol. The third-order valence-corrected chi connectivity index (χ3v) is 22.9. The molecule has 0 aliphatic carbocycles. The molecule has 10 heterocycles. The number of thioether (sulfide) groups is 2. The Bertz CT molecular complexity index is 3350. The minimum atomic E-state index is -5.24. The van der Waals surface area contributed by atoms with Gasteiger partial charge in [0.05, 0.1) is 83.1 Å². The smallest absolute Gasteiger partial charge is 0.454 e. The number of nitrogens with one attached hydrogen (secondary N) is 1. The number of rotatable bonds is 35. The zero-order valence-electron chi connectivity index (χ0n) is 60.4. The number of hydrogen-bond acceptors (Lipinski definition) is 46. The predicted molar refractivity (Wildman–Crippen MR) is 363 cm³/mol. The van der Waals surface area contributed by atoms with Crippen LogP contribution in [0.4, 0.5) is 14.6 Å². The van der Waals surface area contributed by atoms with Gasteiger partial charge in [-0.3, -0.25) is 18.7 Å². The van der Waals surface area contributed by atoms with Crippen LogP contribution in [0.25, 0.3) is 0 Å². The van der Waals surface area contributed by atoms with Crippen LogP contribution in [0.2, 0.25) is 0 Å². The molecule has 9 aliphatic heterocycles. The molecule has 0 saturated carbocycles. The molecule has 9 fully saturated rings. The van der Waals surface area contributed by atoms with E-state index in [-0.39, 0.29) is 29.7 Å². The summed E-state index contributed by atoms with van der Waals surface area (Å²) in [5.74, 6) is -7.32. The Morgan fingerprint density at radius 3 is 1.78 bits per heavy atom. The number of phosphoric ester groups is 1. The molecule has 47 nitrogen and oxygen atoms in total. The molecule has 114 heavy (non-hydrogen) atoms. The van der Waals surface area contributed by atoms with Crippen LogP contribution in [0, 0.1) is 0 Å². The molecule has 9 saturated heterocycles. The number of phosphoric acid groups is 1. The lowest BCUT2D eigenvalue weighted by Crippen LogP contribution is -2.72. The van der Waals surface area contributed by atoms with Crippen molar-refractivity contribution < 1.29 is 209 Å². The number of ether oxygens (including phenoxy) is 17. The fourth-order valence-corrected chi connectivity index (χ4v) is 16.1. The van der Waals surface area contributed by atoms with Gasteiger partial charge in [-0.05, 0) is 11.8 Å². The zero-order valence-corrected chi connectivity index (χ0v) is 62.9. The maximum absolute atomic E-state index is 14.9. The van der Waals surface area contributed by atoms with Crippen LogP contribution in [0.3, 0.4) is 0 Å². The molecule has 1 aromatic heterocycles. The number of carbonyl (C=O) groups is 3. The van der Waals surface area contributed by atoms with Crippen LogP contribution in [0.5, 0.6) is 0 Å². The van der Waals surface area contributed by atoms with Crippen LogP contribution in [0.15, 0.2) is 17.1 Å². The van der Waals surface area contributed by atoms with Gasteiger partial charge in [-0.15, -0.1) is 0 Å². The second kappa shape index (κ2) is 41.3. The van der Waals surface area contributed by atoms with Gasteiger partial charge in [0.2, 0.25) is 18.9 Å². The van der Waals surface area contributed by atoms with E-state index in [0.717, 1.165) is 24.0 Å². The number of esters is 2. The van der Waals surface area contributed by atoms with Gasteiger partial charge in [0.15, 0.2) is 50.5 Å². The second-order valence-corrected chi connectivity index (χ2v) is 31.5. The molecule has 0 aromatic carbocycles. The Morgan fingerprint density at radius 2 is 1.16 bits per heavy atom. The third-order valence-electron chi connectivity index (χ3n) is 19.8. The van der Waals surface area contributed by atoms with Gasteiger partial charge in [0, 0.05) is 42.8 Å². The zero-order chi connectivity index (χ0) is 82.9. The number of nitrogens with zero attached hydrogens (tertiary/aromatic N) is 2. The molecule has 0 spiro atoms. The summed E-state index contributed by atoms with van der Waals surface area (Å²) in [5, 5.41) is 188. The van der Waals surface area contributed by atoms with Gasteiger partial charge in [-0.1, -0.05) is 6.92 Å². The van der Waals surface area contributed by atoms with E-state index in [4.69, 9.17) is 87.3 Å². The Morgan fingerprint density at radius 1 is 0.605 bits per heavy atom. The van der Waals surface area contributed by atoms with E-state index in [9.17, 15) is 124 Å². The molecule has 9 aliphatic rings. The first-order chi connectivity index (χ1) is 54.1. The van der Waals surface area contributed by atoms with Crippen molar-refractivity contribution in [2.45, 2.75) is 253 Å². The molecule has 0 bridgehead atoms. The largest absolute Gasteiger partial charge is 0.475 e. The van der Waals surface area contributed by atoms with Crippen molar-refractivity contribution in [1.82, 2.24) is 14.9 Å². The number of carbonyl (C=O) groups excluding carboxylic acids is 3. The minimum absolute atomic E-state index is 0.248. The SMILES string of the molecule is CCSCC1O[C@@H]2O[C@@H]3C(CO)O[C@@H](O[C@@H]4C(CO)O[C@@H](O[C@H]5C[C@H](O)[C@H](O[C@H]6C[C@H](O)[C@@H](O[C@@H]7C(CO)O[C@H](O[C@@H]8C(CO)OCC(O)[C@H]8O)[C@@H](O)C7O)OC6CO)OC5CSC[C@@H](N)C(=O)NCCC(=O)OCC(=O)OCOP(=O)(O)OC[C@H]5O[C@@H](n6ccc(N)nc6=O)C(F)(F)[C@@H]5O)[C@@H](O)C4O)[C@@H](O)C3OC2[C@@H](O)[C@@H]1O. The van der Waals surface area contributed by atoms with Crippen molar-refractivity contribution in [3.8, 4) is 0 Å². The van der Waals surface area contributed by atoms with Crippen molar-refractivity contribution in [2.24, 2.45) is 5.73 Å². The molecule has 654 valence electrons. The number of halogens is 2. The summed E-state index contributed by atoms with van der Waals surface area (Å²) in [4.78, 5) is 63.6. The quantitative estimate of drug-likeness (QED) is 0.0170. The molecule has 10 rings (SSSR count). The Labute approximate surface area is 653 Å². The summed E-state index contributed by atoms with van der Waals surface area (Å²) in [6, 6.07) is -0.384. The van der Waals surface area contributed by atoms with Crippen LogP contribution in [-0.4, -0.2) is 429 Å². The molecule has 13 unspecified atom stereocenters. The highest BCUT2D eigenvalue weighted by atomic mass is 32.2. The molecule has 37 atom stereocenters. The van der Waals surface area contributed by atoms with Crippen LogP contribution in [0.1, 0.15) is 32.4 Å². The molecular formula is C62H98F2N5O42PS2. The molecule has 23 N–H and O–H groups in total. The number of anilines is 1. The normalized spacial score (nSPS) is 42.5. The number of nitrogens with two attached hydrogens (primary N) is 2. The molecule has 1 aromatic rings. The van der Waals surface area contributed by atoms with Crippen molar-refractivity contribution in [3.05, 3.63) is 22.7 Å². The van der Waals surface area contributed by atoms with E-state index < -0.39 is 337 Å². The average molecular weight is 1720 g/mol. The minimum Gasteiger partial charge on any atom is -0.454 e. The highest BCUT2D eigenvalue weighted by Crippen LogP contribution is 2.48. The van der Waals surface area contributed by atoms with Crippen LogP contribution < -0.4 is 22.5 Å². The number of hydrogen-bond donors (Lipinski definition) is 21. The lowest BCUT2D eigenvalue weighted by molar-refractivity contribution is -0.421. The molecular weight excluding hydrogens is 1620 g/mol. The first kappa shape index (κ1) is 92.7. The van der Waals surface area contributed by atoms with E-state index >= 15 is 0 Å². The molecule has 1 amide bonds. The summed E-state index contributed by atoms with van der Waals surface area (Å²) in [7, 11) is -5.24. The van der Waals surface area contributed by atoms with E-state index in [2.05, 4.69) is 24.1 Å². The van der Waals surface area contributed by atoms with E-state index in [1.807, 2.05) is 6.92 Å². The topological polar surface area (TPSA) is 707 Å². The summed E-state index contributed by atoms with van der Waals surface area (Å²) >= 11 is 2.35. The van der Waals surface area contributed by atoms with Crippen molar-refractivity contribution in [1.29, 1.82) is 0 Å². The number of aromatic nitrogens is 2. The van der Waals surface area contributed by atoms with Gasteiger partial charge in [-0.2, -0.15) is 37.3 Å². The van der Waals surface area contributed by atoms with Gasteiger partial charge in [-0.25, -0.2) is 18.7 Å². The first-order valence-electron chi connectivity index (χ1n) is 36.0. The van der Waals surface area contributed by atoms with Gasteiger partial charge in [0.25, 0.3) is 0 Å². The summed E-state index contributed by atoms with van der Waals surface area (Å²) < 4.78 is 149. The number of aliphatic hydroxyl groups is 17. The fourth-order valence-electron chi connectivity index (χ4n) is 13.7. The van der Waals surface area contributed by atoms with Crippen LogP contribution >= 0.6 is 31.3 Å². The second-order valence-electron chi connectivity index (χ2n) is 27.7. The summed E-state index contributed by atoms with van der Waals surface area (Å²) in [5.41, 5.74) is 10.3. The van der Waals surface area contributed by atoms with Gasteiger partial charge in [0.1, 0.15) is 146 Å². The lowest BCUT2D eigenvalue weighted by Gasteiger charge is -2.54. The van der Waals surface area contributed by atoms with E-state index in [1.165, 1.54) is 11.8 Å². The first-order valence-corrected chi connectivity index (χ1v) is 39.8. The average Bonchev–Trinajstić information content (AvgIpc) is 0.979. The van der Waals surface area contributed by atoms with Crippen molar-refractivity contribution in [3.63, 3.8) is 0 Å². The number of amides is 1. The maximum atomic E-state index is 14.9. The van der Waals surface area contributed by atoms with E-state index in [0.29, 0.717) is 10.3 Å². The molecule has 0 radical (unpaired) electrons. The van der Waals surface area contributed by atoms with E-state index in [1.54, 1.807) is 0 Å². The Kier molecular flexibility index (Phi) is 33.6. The number of alkyl halides is 2. The third kappa shape index (κ3) is 22.0. The maximum Gasteiger partial charge on any atom is 0.475 e. The van der Waals surface area contributed by atoms with Crippen molar-refractivity contribution >= 4 is 55.0 Å². The Balaban J connectivity index is 0.731. The van der Waals surface area contributed by atoms with Crippen LogP contribution in [-0.2, 0) is 109 Å². The Hall–Kier alpha value is -3.56. The number of fused-ring (bicyclic) bond motifs is 2. The fraction of sp³-hybridized carbons (Fsp3) is 0.887. The summed E-state index contributed by atoms with van der Waals surface area (Å²) in [6.07, 6.45) is -59.3. The van der Waals surface area contributed by atoms with Gasteiger partial charge < -0.3 is 189 Å². The predicted octanol–water partition coefficient (Wildman–Crippen LogP) is -12.2. The summed E-state index contributed by atoms with van der Waals surface area (Å²) in [6.45, 7) is -6.86. The van der Waals surface area contributed by atoms with Gasteiger partial charge >= 0.3 is 31.4 Å². The van der Waals surface area contributed by atoms with Crippen molar-refractivity contribution in [2.75, 3.05) is 94.9 Å². The highest BCUT2D eigenvalue weighted by Gasteiger charge is 2.62. The number of nitrogen functional groups attached to an aromatic ring is 1. The molecule has 52 heteroatoms. The highest BCUT2D eigenvalue weighted by molar-refractivity contribution is 7.99.